The van der Waals surface area contributed by atoms with E-state index in [1.54, 1.807) is 12.1 Å². The lowest BCUT2D eigenvalue weighted by Crippen LogP contribution is -2.52. The summed E-state index contributed by atoms with van der Waals surface area (Å²) < 4.78 is 5.89. The summed E-state index contributed by atoms with van der Waals surface area (Å²) in [6, 6.07) is 11.5. The molecular formula is C31H43N3O4. The topological polar surface area (TPSA) is 82.1 Å². The Bertz CT molecular complexity index is 1160. The maximum Gasteiger partial charge on any atom is 0.335 e. The van der Waals surface area contributed by atoms with E-state index in [0.717, 1.165) is 43.8 Å². The van der Waals surface area contributed by atoms with E-state index < -0.39 is 5.97 Å². The summed E-state index contributed by atoms with van der Waals surface area (Å²) in [7, 11) is 0. The second-order valence-corrected chi connectivity index (χ2v) is 12.0. The first-order valence-corrected chi connectivity index (χ1v) is 13.8. The molecule has 2 aliphatic rings. The summed E-state index contributed by atoms with van der Waals surface area (Å²) in [6.07, 6.45) is 1.84. The highest BCUT2D eigenvalue weighted by atomic mass is 16.5. The van der Waals surface area contributed by atoms with Gasteiger partial charge in [-0.15, -0.1) is 0 Å². The standard InChI is InChI=1S/C31H43N3O4/c1-7-38-27-17-24(26(21(2)3)16-22(27)4)18-33-14-12-31(13-15-33)20-34(29(37)32-31)19-30(5,6)25-10-8-23(9-11-25)28(35)36/h8-11,16-17,21H,7,12-15,18-20H2,1-6H3,(H,32,37)(H,35,36). The van der Waals surface area contributed by atoms with Gasteiger partial charge in [0.25, 0.3) is 0 Å². The third-order valence-corrected chi connectivity index (χ3v) is 8.22. The van der Waals surface area contributed by atoms with Crippen LogP contribution in [0, 0.1) is 6.92 Å². The van der Waals surface area contributed by atoms with Crippen molar-refractivity contribution in [2.75, 3.05) is 32.8 Å². The minimum absolute atomic E-state index is 0.00401. The summed E-state index contributed by atoms with van der Waals surface area (Å²) >= 11 is 0. The molecule has 0 unspecified atom stereocenters. The number of nitrogens with one attached hydrogen (secondary N) is 1. The van der Waals surface area contributed by atoms with Gasteiger partial charge in [0.2, 0.25) is 0 Å². The molecule has 38 heavy (non-hydrogen) atoms. The third-order valence-electron chi connectivity index (χ3n) is 8.22. The molecule has 4 rings (SSSR count). The Kier molecular flexibility index (Phi) is 8.07. The average Bonchev–Trinajstić information content (AvgIpc) is 3.16. The van der Waals surface area contributed by atoms with Crippen molar-refractivity contribution < 1.29 is 19.4 Å². The van der Waals surface area contributed by atoms with Crippen molar-refractivity contribution in [3.05, 3.63) is 64.2 Å². The van der Waals surface area contributed by atoms with Gasteiger partial charge in [0.15, 0.2) is 0 Å². The molecule has 2 aromatic rings. The smallest absolute Gasteiger partial charge is 0.335 e. The van der Waals surface area contributed by atoms with Crippen LogP contribution in [0.3, 0.4) is 0 Å². The minimum atomic E-state index is -0.931. The van der Waals surface area contributed by atoms with E-state index in [4.69, 9.17) is 4.74 Å². The van der Waals surface area contributed by atoms with Crippen LogP contribution in [0.15, 0.2) is 36.4 Å². The number of aryl methyl sites for hydroxylation is 1. The molecule has 2 aromatic carbocycles. The molecule has 2 fully saturated rings. The molecule has 2 amide bonds. The molecule has 0 atom stereocenters. The Labute approximate surface area is 227 Å². The van der Waals surface area contributed by atoms with Crippen LogP contribution in [0.4, 0.5) is 4.79 Å². The lowest BCUT2D eigenvalue weighted by molar-refractivity contribution is 0.0696. The second kappa shape index (κ2) is 11.0. The van der Waals surface area contributed by atoms with Crippen LogP contribution in [-0.2, 0) is 12.0 Å². The van der Waals surface area contributed by atoms with E-state index >= 15 is 0 Å². The van der Waals surface area contributed by atoms with E-state index in [2.05, 4.69) is 57.0 Å². The molecule has 2 saturated heterocycles. The Morgan fingerprint density at radius 1 is 1.16 bits per heavy atom. The first-order valence-electron chi connectivity index (χ1n) is 13.8. The largest absolute Gasteiger partial charge is 0.494 e. The van der Waals surface area contributed by atoms with Crippen LogP contribution in [0.1, 0.15) is 86.0 Å². The maximum atomic E-state index is 13.0. The predicted molar refractivity (Wildman–Crippen MR) is 150 cm³/mol. The zero-order chi connectivity index (χ0) is 27.7. The van der Waals surface area contributed by atoms with E-state index in [1.807, 2.05) is 24.0 Å². The molecule has 7 heteroatoms. The number of urea groups is 1. The molecule has 2 heterocycles. The molecule has 2 aliphatic heterocycles. The van der Waals surface area contributed by atoms with Gasteiger partial charge >= 0.3 is 12.0 Å². The fourth-order valence-corrected chi connectivity index (χ4v) is 5.94. The van der Waals surface area contributed by atoms with Crippen molar-refractivity contribution in [3.8, 4) is 5.75 Å². The summed E-state index contributed by atoms with van der Waals surface area (Å²) in [6.45, 7) is 17.5. The number of carbonyl (C=O) groups excluding carboxylic acids is 1. The minimum Gasteiger partial charge on any atom is -0.494 e. The zero-order valence-corrected chi connectivity index (χ0v) is 23.8. The number of carboxylic acids is 1. The first kappa shape index (κ1) is 28.0. The Hall–Kier alpha value is -3.06. The van der Waals surface area contributed by atoms with Crippen LogP contribution in [-0.4, -0.2) is 65.2 Å². The number of amides is 2. The molecule has 0 radical (unpaired) electrons. The lowest BCUT2D eigenvalue weighted by Gasteiger charge is -2.39. The predicted octanol–water partition coefficient (Wildman–Crippen LogP) is 5.55. The Morgan fingerprint density at radius 3 is 2.39 bits per heavy atom. The van der Waals surface area contributed by atoms with Crippen molar-refractivity contribution in [2.24, 2.45) is 0 Å². The van der Waals surface area contributed by atoms with Crippen LogP contribution < -0.4 is 10.1 Å². The highest BCUT2D eigenvalue weighted by Crippen LogP contribution is 2.34. The molecular weight excluding hydrogens is 478 g/mol. The lowest BCUT2D eigenvalue weighted by atomic mass is 9.83. The number of likely N-dealkylation sites (tertiary alicyclic amines) is 1. The maximum absolute atomic E-state index is 13.0. The van der Waals surface area contributed by atoms with E-state index in [1.165, 1.54) is 16.7 Å². The van der Waals surface area contributed by atoms with Crippen LogP contribution in [0.2, 0.25) is 0 Å². The molecule has 206 valence electrons. The van der Waals surface area contributed by atoms with Crippen LogP contribution in [0.5, 0.6) is 5.75 Å². The van der Waals surface area contributed by atoms with Crippen molar-refractivity contribution >= 4 is 12.0 Å². The molecule has 1 spiro atoms. The number of benzene rings is 2. The number of aromatic carboxylic acids is 1. The fourth-order valence-electron chi connectivity index (χ4n) is 5.94. The Balaban J connectivity index is 1.39. The van der Waals surface area contributed by atoms with E-state index in [9.17, 15) is 14.7 Å². The number of nitrogens with zero attached hydrogens (tertiary/aromatic N) is 2. The van der Waals surface area contributed by atoms with Gasteiger partial charge in [0, 0.05) is 38.1 Å². The van der Waals surface area contributed by atoms with Crippen LogP contribution >= 0.6 is 0 Å². The number of piperidine rings is 1. The van der Waals surface area contributed by atoms with Gasteiger partial charge in [-0.2, -0.15) is 0 Å². The van der Waals surface area contributed by atoms with Crippen LogP contribution in [0.25, 0.3) is 0 Å². The van der Waals surface area contributed by atoms with Crippen molar-refractivity contribution in [2.45, 2.75) is 77.8 Å². The normalized spacial score (nSPS) is 17.8. The van der Waals surface area contributed by atoms with Gasteiger partial charge in [-0.05, 0) is 73.1 Å². The van der Waals surface area contributed by atoms with Crippen molar-refractivity contribution in [1.82, 2.24) is 15.1 Å². The second-order valence-electron chi connectivity index (χ2n) is 12.0. The van der Waals surface area contributed by atoms with Gasteiger partial charge in [0.1, 0.15) is 5.75 Å². The molecule has 0 aliphatic carbocycles. The summed E-state index contributed by atoms with van der Waals surface area (Å²) in [4.78, 5) is 28.7. The van der Waals surface area contributed by atoms with E-state index in [-0.39, 0.29) is 22.5 Å². The highest BCUT2D eigenvalue weighted by Gasteiger charge is 2.45. The quantitative estimate of drug-likeness (QED) is 0.452. The van der Waals surface area contributed by atoms with Gasteiger partial charge in [0.05, 0.1) is 17.7 Å². The highest BCUT2D eigenvalue weighted by molar-refractivity contribution is 5.87. The zero-order valence-electron chi connectivity index (χ0n) is 23.8. The van der Waals surface area contributed by atoms with Gasteiger partial charge in [-0.1, -0.05) is 45.9 Å². The van der Waals surface area contributed by atoms with Gasteiger partial charge in [-0.25, -0.2) is 9.59 Å². The molecule has 0 bridgehead atoms. The molecule has 7 nitrogen and oxygen atoms in total. The summed E-state index contributed by atoms with van der Waals surface area (Å²) in [5.41, 5.74) is 4.71. The van der Waals surface area contributed by atoms with Gasteiger partial charge in [-0.3, -0.25) is 4.90 Å². The van der Waals surface area contributed by atoms with Crippen molar-refractivity contribution in [3.63, 3.8) is 0 Å². The Morgan fingerprint density at radius 2 is 1.82 bits per heavy atom. The molecule has 0 aromatic heterocycles. The number of hydrogen-bond donors (Lipinski definition) is 2. The number of rotatable bonds is 9. The summed E-state index contributed by atoms with van der Waals surface area (Å²) in [5.74, 6) is 0.486. The first-order chi connectivity index (χ1) is 17.9. The SMILES string of the molecule is CCOc1cc(CN2CCC3(CC2)CN(CC(C)(C)c2ccc(C(=O)O)cc2)C(=O)N3)c(C(C)C)cc1C. The van der Waals surface area contributed by atoms with E-state index in [0.29, 0.717) is 25.6 Å². The third kappa shape index (κ3) is 5.98. The molecule has 2 N–H and O–H groups in total. The van der Waals surface area contributed by atoms with Gasteiger partial charge < -0.3 is 20.1 Å². The average molecular weight is 522 g/mol. The fraction of sp³-hybridized carbons (Fsp3) is 0.548. The monoisotopic (exact) mass is 521 g/mol. The molecule has 0 saturated carbocycles. The van der Waals surface area contributed by atoms with Crippen molar-refractivity contribution in [1.29, 1.82) is 0 Å². The number of carboxylic acid groups (broad SMARTS) is 1. The number of carbonyl (C=O) groups is 2. The summed E-state index contributed by atoms with van der Waals surface area (Å²) in [5, 5.41) is 12.5. The number of hydrogen-bond acceptors (Lipinski definition) is 4. The number of ether oxygens (including phenoxy) is 1.